The first-order valence-electron chi connectivity index (χ1n) is 8.32. The fraction of sp³-hybridized carbons (Fsp3) is 0.941. The van der Waals surface area contributed by atoms with E-state index in [1.54, 1.807) is 0 Å². The fourth-order valence-corrected chi connectivity index (χ4v) is 4.44. The molecule has 0 aromatic rings. The minimum Gasteiger partial charge on any atom is -0.436 e. The highest BCUT2D eigenvalue weighted by atomic mass is 16.8. The molecule has 0 radical (unpaired) electrons. The smallest absolute Gasteiger partial charge is 0.304 e. The molecule has 5 nitrogen and oxygen atoms in total. The van der Waals surface area contributed by atoms with Gasteiger partial charge in [0.2, 0.25) is 6.29 Å². The van der Waals surface area contributed by atoms with Crippen molar-refractivity contribution < 1.29 is 23.7 Å². The summed E-state index contributed by atoms with van der Waals surface area (Å²) in [5, 5.41) is 0. The van der Waals surface area contributed by atoms with Crippen LogP contribution in [0.3, 0.4) is 0 Å². The van der Waals surface area contributed by atoms with Crippen LogP contribution in [0.5, 0.6) is 0 Å². The summed E-state index contributed by atoms with van der Waals surface area (Å²) >= 11 is 0. The molecule has 0 amide bonds. The minimum absolute atomic E-state index is 0.0991. The van der Waals surface area contributed by atoms with Gasteiger partial charge in [-0.2, -0.15) is 0 Å². The Morgan fingerprint density at radius 1 is 1.27 bits per heavy atom. The second-order valence-electron chi connectivity index (χ2n) is 8.15. The van der Waals surface area contributed by atoms with Crippen molar-refractivity contribution in [2.45, 2.75) is 96.6 Å². The molecular formula is C17H28O5. The minimum atomic E-state index is -0.494. The highest BCUT2D eigenvalue weighted by Gasteiger charge is 2.66. The van der Waals surface area contributed by atoms with Gasteiger partial charge in [-0.1, -0.05) is 6.92 Å². The number of rotatable bonds is 2. The number of carbonyl (C=O) groups excluding carboxylic acids is 1. The van der Waals surface area contributed by atoms with Crippen LogP contribution in [0, 0.1) is 5.41 Å². The van der Waals surface area contributed by atoms with Gasteiger partial charge in [-0.15, -0.1) is 0 Å². The molecule has 2 bridgehead atoms. The van der Waals surface area contributed by atoms with Crippen molar-refractivity contribution in [1.29, 1.82) is 0 Å². The quantitative estimate of drug-likeness (QED) is 0.733. The van der Waals surface area contributed by atoms with Crippen LogP contribution in [-0.2, 0) is 23.7 Å². The number of esters is 1. The first-order valence-corrected chi connectivity index (χ1v) is 8.32. The lowest BCUT2D eigenvalue weighted by Gasteiger charge is -2.52. The van der Waals surface area contributed by atoms with Gasteiger partial charge in [-0.3, -0.25) is 4.79 Å². The zero-order valence-corrected chi connectivity index (χ0v) is 14.3. The molecule has 3 rings (SSSR count). The molecule has 1 aliphatic carbocycles. The van der Waals surface area contributed by atoms with E-state index in [2.05, 4.69) is 27.7 Å². The first-order chi connectivity index (χ1) is 10.1. The third-order valence-electron chi connectivity index (χ3n) is 5.34. The standard InChI is InChI=1S/C17H28O5/c1-11(18)19-13-10-17-8-6-7-12(21-15(2,3)4)16(17,5)9-14(20-13)22-17/h12-14H,6-10H2,1-5H3/t12-,13-,14+,16+,17+/m0/s1. The molecule has 5 atom stereocenters. The lowest BCUT2D eigenvalue weighted by molar-refractivity contribution is -0.314. The maximum atomic E-state index is 11.3. The summed E-state index contributed by atoms with van der Waals surface area (Å²) in [7, 11) is 0. The Morgan fingerprint density at radius 2 is 2.00 bits per heavy atom. The Labute approximate surface area is 132 Å². The molecule has 2 heterocycles. The fourth-order valence-electron chi connectivity index (χ4n) is 4.44. The first kappa shape index (κ1) is 16.2. The van der Waals surface area contributed by atoms with Crippen LogP contribution in [0.2, 0.25) is 0 Å². The summed E-state index contributed by atoms with van der Waals surface area (Å²) in [6.07, 6.45) is 3.84. The molecule has 2 saturated heterocycles. The van der Waals surface area contributed by atoms with E-state index in [1.807, 2.05) is 0 Å². The molecule has 3 aliphatic rings. The number of ether oxygens (including phenoxy) is 4. The van der Waals surface area contributed by atoms with E-state index in [9.17, 15) is 4.79 Å². The van der Waals surface area contributed by atoms with E-state index in [-0.39, 0.29) is 35.0 Å². The van der Waals surface area contributed by atoms with Crippen molar-refractivity contribution >= 4 is 5.97 Å². The lowest BCUT2D eigenvalue weighted by atomic mass is 9.61. The maximum Gasteiger partial charge on any atom is 0.304 e. The number of fused-ring (bicyclic) bond motifs is 1. The summed E-state index contributed by atoms with van der Waals surface area (Å²) in [5.41, 5.74) is -0.582. The van der Waals surface area contributed by atoms with Crippen LogP contribution in [-0.4, -0.2) is 35.9 Å². The monoisotopic (exact) mass is 312 g/mol. The molecule has 3 fully saturated rings. The van der Waals surface area contributed by atoms with Crippen LogP contribution in [0.4, 0.5) is 0 Å². The molecule has 2 aliphatic heterocycles. The highest BCUT2D eigenvalue weighted by Crippen LogP contribution is 2.61. The van der Waals surface area contributed by atoms with Crippen LogP contribution in [0.25, 0.3) is 0 Å². The van der Waals surface area contributed by atoms with Gasteiger partial charge in [0.05, 0.1) is 17.3 Å². The Kier molecular flexibility index (Phi) is 3.82. The van der Waals surface area contributed by atoms with E-state index in [4.69, 9.17) is 18.9 Å². The second-order valence-corrected chi connectivity index (χ2v) is 8.15. The highest BCUT2D eigenvalue weighted by molar-refractivity contribution is 5.66. The molecule has 0 aromatic heterocycles. The molecule has 5 heteroatoms. The van der Waals surface area contributed by atoms with Gasteiger partial charge in [0.1, 0.15) is 0 Å². The van der Waals surface area contributed by atoms with Gasteiger partial charge in [-0.25, -0.2) is 0 Å². The van der Waals surface area contributed by atoms with Gasteiger partial charge >= 0.3 is 5.97 Å². The summed E-state index contributed by atoms with van der Waals surface area (Å²) < 4.78 is 23.7. The Hall–Kier alpha value is -0.650. The molecule has 0 aromatic carbocycles. The predicted molar refractivity (Wildman–Crippen MR) is 80.1 cm³/mol. The zero-order chi connectivity index (χ0) is 16.2. The second kappa shape index (κ2) is 5.18. The number of hydrogen-bond donors (Lipinski definition) is 0. The number of hydrogen-bond acceptors (Lipinski definition) is 5. The van der Waals surface area contributed by atoms with Crippen LogP contribution in [0.15, 0.2) is 0 Å². The maximum absolute atomic E-state index is 11.3. The average molecular weight is 312 g/mol. The van der Waals surface area contributed by atoms with E-state index in [1.165, 1.54) is 6.92 Å². The molecule has 1 saturated carbocycles. The van der Waals surface area contributed by atoms with Gasteiger partial charge in [-0.05, 0) is 40.0 Å². The van der Waals surface area contributed by atoms with Gasteiger partial charge in [0, 0.05) is 25.2 Å². The van der Waals surface area contributed by atoms with E-state index in [0.29, 0.717) is 6.42 Å². The topological polar surface area (TPSA) is 54.0 Å². The Balaban J connectivity index is 1.85. The lowest BCUT2D eigenvalue weighted by Crippen LogP contribution is -2.57. The van der Waals surface area contributed by atoms with Gasteiger partial charge < -0.3 is 18.9 Å². The van der Waals surface area contributed by atoms with E-state index < -0.39 is 6.29 Å². The molecule has 0 N–H and O–H groups in total. The van der Waals surface area contributed by atoms with Gasteiger partial charge in [0.25, 0.3) is 0 Å². The SMILES string of the molecule is CC(=O)O[C@@H]1C[C@]23CCC[C@H](OC(C)(C)C)[C@@]2(C)C[C@H](O1)O3. The third-order valence-corrected chi connectivity index (χ3v) is 5.34. The van der Waals surface area contributed by atoms with Gasteiger partial charge in [0.15, 0.2) is 6.29 Å². The molecular weight excluding hydrogens is 284 g/mol. The van der Waals surface area contributed by atoms with Crippen molar-refractivity contribution in [2.24, 2.45) is 5.41 Å². The Morgan fingerprint density at radius 3 is 2.64 bits per heavy atom. The summed E-state index contributed by atoms with van der Waals surface area (Å²) in [6, 6.07) is 0. The third kappa shape index (κ3) is 2.68. The number of carbonyl (C=O) groups is 1. The van der Waals surface area contributed by atoms with Crippen LogP contribution >= 0.6 is 0 Å². The largest absolute Gasteiger partial charge is 0.436 e. The van der Waals surface area contributed by atoms with E-state index >= 15 is 0 Å². The van der Waals surface area contributed by atoms with Crippen molar-refractivity contribution in [3.05, 3.63) is 0 Å². The summed E-state index contributed by atoms with van der Waals surface area (Å²) in [6.45, 7) is 9.96. The van der Waals surface area contributed by atoms with Crippen LogP contribution < -0.4 is 0 Å². The van der Waals surface area contributed by atoms with Crippen molar-refractivity contribution in [1.82, 2.24) is 0 Å². The summed E-state index contributed by atoms with van der Waals surface area (Å²) in [4.78, 5) is 11.3. The van der Waals surface area contributed by atoms with Crippen molar-refractivity contribution in [3.8, 4) is 0 Å². The van der Waals surface area contributed by atoms with Crippen molar-refractivity contribution in [2.75, 3.05) is 0 Å². The van der Waals surface area contributed by atoms with Crippen LogP contribution in [0.1, 0.15) is 66.7 Å². The van der Waals surface area contributed by atoms with E-state index in [0.717, 1.165) is 25.7 Å². The molecule has 126 valence electrons. The predicted octanol–water partition coefficient (Wildman–Crippen LogP) is 3.16. The summed E-state index contributed by atoms with van der Waals surface area (Å²) in [5.74, 6) is -0.303. The zero-order valence-electron chi connectivity index (χ0n) is 14.3. The van der Waals surface area contributed by atoms with Crippen molar-refractivity contribution in [3.63, 3.8) is 0 Å². The molecule has 22 heavy (non-hydrogen) atoms. The Bertz CT molecular complexity index is 456. The normalized spacial score (nSPS) is 44.5. The average Bonchev–Trinajstić information content (AvgIpc) is 2.54. The molecule has 0 unspecified atom stereocenters. The molecule has 1 spiro atoms.